The van der Waals surface area contributed by atoms with Gasteiger partial charge in [0.15, 0.2) is 0 Å². The lowest BCUT2D eigenvalue weighted by molar-refractivity contribution is 0.469. The third-order valence-electron chi connectivity index (χ3n) is 2.87. The number of rotatable bonds is 3. The number of benzene rings is 1. The van der Waals surface area contributed by atoms with Gasteiger partial charge < -0.3 is 5.32 Å². The molecule has 2 heteroatoms. The first-order valence-corrected chi connectivity index (χ1v) is 4.99. The molecule has 0 fully saturated rings. The Morgan fingerprint density at radius 3 is 2.50 bits per heavy atom. The second kappa shape index (κ2) is 3.99. The minimum atomic E-state index is -0.115. The van der Waals surface area contributed by atoms with Gasteiger partial charge in [-0.3, -0.25) is 0 Å². The van der Waals surface area contributed by atoms with Crippen LogP contribution in [0.3, 0.4) is 0 Å². The lowest BCUT2D eigenvalue weighted by Gasteiger charge is -2.24. The molecule has 0 bridgehead atoms. The summed E-state index contributed by atoms with van der Waals surface area (Å²) < 4.78 is 13.6. The van der Waals surface area contributed by atoms with Crippen LogP contribution in [0.4, 0.5) is 10.1 Å². The van der Waals surface area contributed by atoms with E-state index in [1.54, 1.807) is 6.07 Å². The first-order valence-electron chi connectivity index (χ1n) is 4.99. The molecule has 0 heterocycles. The van der Waals surface area contributed by atoms with Gasteiger partial charge in [0.05, 0.1) is 0 Å². The summed E-state index contributed by atoms with van der Waals surface area (Å²) in [5.74, 6) is -0.115. The summed E-state index contributed by atoms with van der Waals surface area (Å²) in [6, 6.07) is 5.17. The number of hydrogen-bond acceptors (Lipinski definition) is 1. The summed E-state index contributed by atoms with van der Waals surface area (Å²) in [7, 11) is 1.84. The molecule has 0 radical (unpaired) electrons. The van der Waals surface area contributed by atoms with Crippen LogP contribution in [-0.4, -0.2) is 7.05 Å². The molecule has 0 saturated carbocycles. The molecule has 0 saturated heterocycles. The lowest BCUT2D eigenvalue weighted by atomic mass is 9.82. The normalized spacial score (nSPS) is 11.5. The van der Waals surface area contributed by atoms with Crippen LogP contribution in [0.25, 0.3) is 0 Å². The number of anilines is 1. The topological polar surface area (TPSA) is 12.0 Å². The summed E-state index contributed by atoms with van der Waals surface area (Å²) in [5.41, 5.74) is 1.64. The van der Waals surface area contributed by atoms with E-state index in [0.29, 0.717) is 0 Å². The second-order valence-corrected chi connectivity index (χ2v) is 4.18. The van der Waals surface area contributed by atoms with Crippen LogP contribution >= 0.6 is 0 Å². The van der Waals surface area contributed by atoms with Crippen molar-refractivity contribution in [2.24, 2.45) is 0 Å². The molecule has 78 valence electrons. The molecule has 0 aliphatic carbocycles. The van der Waals surface area contributed by atoms with Crippen molar-refractivity contribution in [3.05, 3.63) is 29.6 Å². The van der Waals surface area contributed by atoms with Crippen LogP contribution in [0.1, 0.15) is 32.8 Å². The molecule has 14 heavy (non-hydrogen) atoms. The Balaban J connectivity index is 3.18. The summed E-state index contributed by atoms with van der Waals surface area (Å²) in [6.07, 6.45) is 0.928. The maximum Gasteiger partial charge on any atom is 0.127 e. The molecule has 1 N–H and O–H groups in total. The number of halogens is 1. The molecule has 0 aliphatic heterocycles. The fourth-order valence-electron chi connectivity index (χ4n) is 1.39. The van der Waals surface area contributed by atoms with E-state index >= 15 is 0 Å². The zero-order valence-electron chi connectivity index (χ0n) is 9.32. The smallest absolute Gasteiger partial charge is 0.127 e. The molecule has 0 unspecified atom stereocenters. The van der Waals surface area contributed by atoms with Gasteiger partial charge >= 0.3 is 0 Å². The van der Waals surface area contributed by atoms with E-state index in [4.69, 9.17) is 0 Å². The Bertz CT molecular complexity index is 318. The Kier molecular flexibility index (Phi) is 3.14. The Labute approximate surface area is 85.3 Å². The third-order valence-corrected chi connectivity index (χ3v) is 2.87. The van der Waals surface area contributed by atoms with E-state index in [0.717, 1.165) is 17.7 Å². The average Bonchev–Trinajstić information content (AvgIpc) is 2.18. The summed E-state index contributed by atoms with van der Waals surface area (Å²) in [6.45, 7) is 6.20. The van der Waals surface area contributed by atoms with Crippen LogP contribution in [0.5, 0.6) is 0 Å². The molecular formula is C12H18FN. The first-order chi connectivity index (χ1) is 6.51. The van der Waals surface area contributed by atoms with Gasteiger partial charge in [0.25, 0.3) is 0 Å². The average molecular weight is 195 g/mol. The summed E-state index contributed by atoms with van der Waals surface area (Å²) in [5, 5.41) is 3.02. The van der Waals surface area contributed by atoms with E-state index in [1.807, 2.05) is 13.1 Å². The van der Waals surface area contributed by atoms with Crippen molar-refractivity contribution in [3.63, 3.8) is 0 Å². The molecule has 1 rings (SSSR count). The molecule has 0 aromatic heterocycles. The van der Waals surface area contributed by atoms with Gasteiger partial charge in [0.2, 0.25) is 0 Å². The maximum absolute atomic E-state index is 13.6. The first kappa shape index (κ1) is 11.0. The van der Waals surface area contributed by atoms with Gasteiger partial charge in [-0.15, -0.1) is 0 Å². The van der Waals surface area contributed by atoms with Crippen molar-refractivity contribution in [2.45, 2.75) is 32.6 Å². The highest BCUT2D eigenvalue weighted by atomic mass is 19.1. The SMILES string of the molecule is CCC(C)(C)c1cc(NC)ccc1F. The van der Waals surface area contributed by atoms with Crippen molar-refractivity contribution in [1.82, 2.24) is 0 Å². The van der Waals surface area contributed by atoms with Crippen molar-refractivity contribution < 1.29 is 4.39 Å². The highest BCUT2D eigenvalue weighted by molar-refractivity contribution is 5.47. The van der Waals surface area contributed by atoms with Crippen LogP contribution in [0.2, 0.25) is 0 Å². The predicted molar refractivity (Wildman–Crippen MR) is 59.3 cm³/mol. The Morgan fingerprint density at radius 2 is 2.00 bits per heavy atom. The van der Waals surface area contributed by atoms with Crippen molar-refractivity contribution in [1.29, 1.82) is 0 Å². The predicted octanol–water partition coefficient (Wildman–Crippen LogP) is 3.56. The fraction of sp³-hybridized carbons (Fsp3) is 0.500. The molecule has 1 nitrogen and oxygen atoms in total. The van der Waals surface area contributed by atoms with Gasteiger partial charge in [-0.2, -0.15) is 0 Å². The monoisotopic (exact) mass is 195 g/mol. The van der Waals surface area contributed by atoms with Crippen LogP contribution in [-0.2, 0) is 5.41 Å². The van der Waals surface area contributed by atoms with E-state index < -0.39 is 0 Å². The minimum absolute atomic E-state index is 0.100. The molecule has 0 amide bonds. The zero-order valence-corrected chi connectivity index (χ0v) is 9.32. The Hall–Kier alpha value is -1.05. The van der Waals surface area contributed by atoms with Gasteiger partial charge in [0.1, 0.15) is 5.82 Å². The quantitative estimate of drug-likeness (QED) is 0.777. The molecule has 0 spiro atoms. The lowest BCUT2D eigenvalue weighted by Crippen LogP contribution is -2.17. The highest BCUT2D eigenvalue weighted by Gasteiger charge is 2.22. The van der Waals surface area contributed by atoms with E-state index in [2.05, 4.69) is 26.1 Å². The van der Waals surface area contributed by atoms with Crippen molar-refractivity contribution >= 4 is 5.69 Å². The molecule has 0 atom stereocenters. The summed E-state index contributed by atoms with van der Waals surface area (Å²) >= 11 is 0. The van der Waals surface area contributed by atoms with Crippen LogP contribution in [0.15, 0.2) is 18.2 Å². The molecule has 1 aromatic rings. The van der Waals surface area contributed by atoms with Crippen molar-refractivity contribution in [3.8, 4) is 0 Å². The summed E-state index contributed by atoms with van der Waals surface area (Å²) in [4.78, 5) is 0. The minimum Gasteiger partial charge on any atom is -0.388 e. The van der Waals surface area contributed by atoms with Crippen molar-refractivity contribution in [2.75, 3.05) is 12.4 Å². The maximum atomic E-state index is 13.6. The molecular weight excluding hydrogens is 177 g/mol. The van der Waals surface area contributed by atoms with E-state index in [1.165, 1.54) is 6.07 Å². The largest absolute Gasteiger partial charge is 0.388 e. The van der Waals surface area contributed by atoms with Crippen LogP contribution < -0.4 is 5.32 Å². The number of nitrogens with one attached hydrogen (secondary N) is 1. The second-order valence-electron chi connectivity index (χ2n) is 4.18. The third kappa shape index (κ3) is 2.06. The van der Waals surface area contributed by atoms with E-state index in [9.17, 15) is 4.39 Å². The van der Waals surface area contributed by atoms with E-state index in [-0.39, 0.29) is 11.2 Å². The fourth-order valence-corrected chi connectivity index (χ4v) is 1.39. The standard InChI is InChI=1S/C12H18FN/c1-5-12(2,3)10-8-9(14-4)6-7-11(10)13/h6-8,14H,5H2,1-4H3. The van der Waals surface area contributed by atoms with Gasteiger partial charge in [-0.1, -0.05) is 20.8 Å². The van der Waals surface area contributed by atoms with Gasteiger partial charge in [-0.05, 0) is 35.6 Å². The van der Waals surface area contributed by atoms with Gasteiger partial charge in [0, 0.05) is 12.7 Å². The van der Waals surface area contributed by atoms with Gasteiger partial charge in [-0.25, -0.2) is 4.39 Å². The Morgan fingerprint density at radius 1 is 1.36 bits per heavy atom. The van der Waals surface area contributed by atoms with Crippen LogP contribution in [0, 0.1) is 5.82 Å². The molecule has 0 aliphatic rings. The highest BCUT2D eigenvalue weighted by Crippen LogP contribution is 2.30. The number of hydrogen-bond donors (Lipinski definition) is 1. The molecule has 1 aromatic carbocycles. The zero-order chi connectivity index (χ0) is 10.8.